The van der Waals surface area contributed by atoms with Crippen LogP contribution in [0.1, 0.15) is 62.3 Å². The summed E-state index contributed by atoms with van der Waals surface area (Å²) >= 11 is 27.9. The van der Waals surface area contributed by atoms with E-state index in [0.29, 0.717) is 53.1 Å². The number of hydrogen-bond donors (Lipinski definition) is 2. The highest BCUT2D eigenvalue weighted by Crippen LogP contribution is 2.40. The van der Waals surface area contributed by atoms with Gasteiger partial charge in [0.25, 0.3) is 0 Å². The highest BCUT2D eigenvalue weighted by molar-refractivity contribution is 7.18. The number of benzene rings is 2. The van der Waals surface area contributed by atoms with Crippen molar-refractivity contribution in [1.82, 2.24) is 35.3 Å². The molecule has 1 aliphatic heterocycles. The molecule has 6 aromatic rings. The van der Waals surface area contributed by atoms with E-state index in [4.69, 9.17) is 76.2 Å². The third kappa shape index (κ3) is 15.7. The van der Waals surface area contributed by atoms with Crippen LogP contribution in [0, 0.1) is 11.6 Å². The highest BCUT2D eigenvalue weighted by Gasteiger charge is 2.46. The van der Waals surface area contributed by atoms with E-state index in [9.17, 15) is 9.18 Å². The first-order valence-electron chi connectivity index (χ1n) is 22.5. The smallest absolute Gasteiger partial charge is 0.413 e. The first-order chi connectivity index (χ1) is 33.7. The summed E-state index contributed by atoms with van der Waals surface area (Å²) in [6.45, 7) is 17.0. The van der Waals surface area contributed by atoms with Gasteiger partial charge in [-0.3, -0.25) is 4.90 Å². The number of aliphatic hydroxyl groups is 1. The second kappa shape index (κ2) is 26.2. The summed E-state index contributed by atoms with van der Waals surface area (Å²) in [7, 11) is 3.86. The molecule has 16 nitrogen and oxygen atoms in total. The van der Waals surface area contributed by atoms with E-state index in [1.165, 1.54) is 51.8 Å². The highest BCUT2D eigenvalue weighted by atomic mass is 35.5. The van der Waals surface area contributed by atoms with Gasteiger partial charge in [0.05, 0.1) is 35.3 Å². The third-order valence-electron chi connectivity index (χ3n) is 11.0. The van der Waals surface area contributed by atoms with Gasteiger partial charge in [-0.1, -0.05) is 69.1 Å². The van der Waals surface area contributed by atoms with Crippen LogP contribution in [0.3, 0.4) is 0 Å². The summed E-state index contributed by atoms with van der Waals surface area (Å²) in [6, 6.07) is 11.8. The molecule has 2 unspecified atom stereocenters. The second-order valence-corrected chi connectivity index (χ2v) is 22.2. The average molecular weight is 1190 g/mol. The van der Waals surface area contributed by atoms with Gasteiger partial charge in [-0.05, 0) is 98.7 Å². The summed E-state index contributed by atoms with van der Waals surface area (Å²) in [5.41, 5.74) is 6.25. The number of carbonyl (C=O) groups is 1. The molecular weight excluding hydrogens is 1130 g/mol. The zero-order chi connectivity index (χ0) is 53.0. The number of ether oxygens (including phenoxy) is 4. The van der Waals surface area contributed by atoms with Crippen molar-refractivity contribution in [3.05, 3.63) is 80.5 Å². The van der Waals surface area contributed by atoms with Gasteiger partial charge in [-0.15, -0.1) is 45.2 Å². The number of amides is 1. The lowest BCUT2D eigenvalue weighted by Crippen LogP contribution is -2.51. The van der Waals surface area contributed by atoms with Gasteiger partial charge >= 0.3 is 6.09 Å². The molecule has 0 aliphatic carbocycles. The minimum atomic E-state index is -0.907. The van der Waals surface area contributed by atoms with E-state index in [0.717, 1.165) is 11.1 Å². The van der Waals surface area contributed by atoms with Gasteiger partial charge in [0.1, 0.15) is 66.5 Å². The number of nitrogens with two attached hydrogens (primary N) is 1. The quantitative estimate of drug-likeness (QED) is 0.0924. The van der Waals surface area contributed by atoms with Crippen LogP contribution in [0.15, 0.2) is 48.5 Å². The van der Waals surface area contributed by atoms with Gasteiger partial charge in [-0.25, -0.2) is 23.5 Å². The molecule has 1 amide bonds. The molecule has 404 valence electrons. The van der Waals surface area contributed by atoms with E-state index < -0.39 is 41.1 Å². The number of aromatic nitrogens is 6. The topological polar surface area (TPSA) is 187 Å². The molecule has 0 saturated carbocycles. The Bertz CT molecular complexity index is 2880. The van der Waals surface area contributed by atoms with Crippen molar-refractivity contribution in [3.8, 4) is 53.8 Å². The average Bonchev–Trinajstić information content (AvgIpc) is 4.07. The molecule has 2 aromatic carbocycles. The number of nitrogens with zero attached hydrogens (tertiary/aromatic N) is 9. The number of rotatable bonds is 15. The van der Waals surface area contributed by atoms with Crippen LogP contribution in [0.5, 0.6) is 11.5 Å². The number of pyridine rings is 2. The van der Waals surface area contributed by atoms with Crippen molar-refractivity contribution in [2.45, 2.75) is 97.8 Å². The Balaban J connectivity index is 0.000000324. The Kier molecular flexibility index (Phi) is 22.1. The zero-order valence-electron chi connectivity index (χ0n) is 42.2. The lowest BCUT2D eigenvalue weighted by molar-refractivity contribution is -0.0637. The molecule has 4 aromatic heterocycles. The van der Waals surface area contributed by atoms with E-state index in [1.54, 1.807) is 46.8 Å². The van der Waals surface area contributed by atoms with Gasteiger partial charge in [-0.2, -0.15) is 0 Å². The van der Waals surface area contributed by atoms with Crippen LogP contribution in [-0.2, 0) is 9.47 Å². The second-order valence-electron chi connectivity index (χ2n) is 18.7. The van der Waals surface area contributed by atoms with Crippen LogP contribution >= 0.6 is 93.9 Å². The number of aliphatic hydroxyl groups excluding tert-OH is 1. The van der Waals surface area contributed by atoms with Crippen molar-refractivity contribution in [3.63, 3.8) is 0 Å². The Labute approximate surface area is 469 Å². The first-order valence-corrected chi connectivity index (χ1v) is 25.6. The summed E-state index contributed by atoms with van der Waals surface area (Å²) < 4.78 is 52.2. The molecule has 1 aliphatic rings. The van der Waals surface area contributed by atoms with Crippen molar-refractivity contribution in [2.75, 3.05) is 50.3 Å². The maximum Gasteiger partial charge on any atom is 0.413 e. The Hall–Kier alpha value is -4.19. The fourth-order valence-corrected chi connectivity index (χ4v) is 9.46. The summed E-state index contributed by atoms with van der Waals surface area (Å²) in [5.74, 6) is 0.0568. The largest absolute Gasteiger partial charge is 0.489 e. The fourth-order valence-electron chi connectivity index (χ4n) is 6.73. The van der Waals surface area contributed by atoms with Crippen LogP contribution in [0.4, 0.5) is 25.2 Å². The van der Waals surface area contributed by atoms with E-state index in [1.807, 2.05) is 49.9 Å². The molecule has 7 rings (SSSR count). The summed E-state index contributed by atoms with van der Waals surface area (Å²) in [4.78, 5) is 27.1. The Morgan fingerprint density at radius 3 is 1.64 bits per heavy atom. The summed E-state index contributed by atoms with van der Waals surface area (Å²) in [5, 5.41) is 29.1. The monoisotopic (exact) mass is 1180 g/mol. The molecule has 0 radical (unpaired) electrons. The van der Waals surface area contributed by atoms with Gasteiger partial charge in [0.2, 0.25) is 0 Å². The van der Waals surface area contributed by atoms with Gasteiger partial charge in [0, 0.05) is 60.6 Å². The van der Waals surface area contributed by atoms with Gasteiger partial charge in [0.15, 0.2) is 23.1 Å². The molecule has 1 fully saturated rings. The molecule has 74 heavy (non-hydrogen) atoms. The lowest BCUT2D eigenvalue weighted by atomic mass is 10.2. The Morgan fingerprint density at radius 1 is 0.784 bits per heavy atom. The zero-order valence-corrected chi connectivity index (χ0v) is 48.5. The lowest BCUT2D eigenvalue weighted by Gasteiger charge is -2.35. The number of anilines is 2. The van der Waals surface area contributed by atoms with Crippen LogP contribution in [0.25, 0.3) is 42.3 Å². The maximum absolute atomic E-state index is 15.2. The van der Waals surface area contributed by atoms with Crippen molar-refractivity contribution >= 4 is 112 Å². The molecule has 2 atom stereocenters. The molecule has 0 spiro atoms. The molecule has 5 heterocycles. The number of carbonyl (C=O) groups excluding carboxylic acids is 1. The first kappa shape index (κ1) is 62.4. The number of hydrogen-bond acceptors (Lipinski definition) is 17. The predicted molar refractivity (Wildman–Crippen MR) is 297 cm³/mol. The van der Waals surface area contributed by atoms with Crippen LogP contribution < -0.4 is 25.0 Å². The third-order valence-corrected chi connectivity index (χ3v) is 14.0. The van der Waals surface area contributed by atoms with Crippen molar-refractivity contribution in [1.29, 1.82) is 0 Å². The molecule has 1 saturated heterocycles. The number of halogens is 8. The van der Waals surface area contributed by atoms with Crippen molar-refractivity contribution in [2.24, 2.45) is 5.73 Å². The fraction of sp³-hybridized carbons (Fsp3) is 0.438. The normalized spacial score (nSPS) is 14.4. The van der Waals surface area contributed by atoms with E-state index in [2.05, 4.69) is 44.2 Å². The SMILES string of the molecule is CC(C)N(C)c1cc(-c2nnc(-c3cc(F)c(OCC(N)CO)cc3Cl)s2)cc(Cl)n1.CC(C)N(C)c1cc(-c2nnc(-c3cc(F)c(OCC4COC(C)(C)N4C(=O)OC(C)(C)C)cc3Cl)s2)cc(Cl)n1.Cl.Cl. The van der Waals surface area contributed by atoms with Crippen molar-refractivity contribution < 1.29 is 37.6 Å². The minimum absolute atomic E-state index is 0. The maximum atomic E-state index is 15.2. The van der Waals surface area contributed by atoms with E-state index in [-0.39, 0.29) is 84.9 Å². The molecule has 0 bridgehead atoms. The van der Waals surface area contributed by atoms with Gasteiger partial charge < -0.3 is 39.6 Å². The Morgan fingerprint density at radius 2 is 1.22 bits per heavy atom. The van der Waals surface area contributed by atoms with Crippen LogP contribution in [-0.4, -0.2) is 122 Å². The summed E-state index contributed by atoms with van der Waals surface area (Å²) in [6.07, 6.45) is -0.534. The molecular formula is C48H58Cl6F2N10O6S2. The molecule has 3 N–H and O–H groups in total. The van der Waals surface area contributed by atoms with E-state index >= 15 is 4.39 Å². The standard InChI is InChI=1S/C28H34Cl2FN5O4S.C20H22Cl2FN5O2S.2ClH/c1-15(2)35(8)23-10-16(9-22(30)32-23)24-33-34-25(41-24)18-11-20(31)21(12-19(18)29)38-13-17-14-39-28(6,7)36(17)26(37)40-27(3,4)5;1-10(2)28(3)18-5-11(4-17(22)25-18)19-26-27-20(31-19)13-6-15(23)16(7-14(13)21)30-9-12(24)8-29;;/h9-12,15,17H,13-14H2,1-8H3;4-7,10,12,29H,8-9,24H2,1-3H3;2*1H. The minimum Gasteiger partial charge on any atom is -0.489 e. The predicted octanol–water partition coefficient (Wildman–Crippen LogP) is 12.4. The molecule has 26 heteroatoms. The van der Waals surface area contributed by atoms with Crippen LogP contribution in [0.2, 0.25) is 20.4 Å².